The molecule has 0 bridgehead atoms. The van der Waals surface area contributed by atoms with Gasteiger partial charge in [-0.3, -0.25) is 0 Å². The summed E-state index contributed by atoms with van der Waals surface area (Å²) in [5.74, 6) is 0. The van der Waals surface area contributed by atoms with Gasteiger partial charge >= 0.3 is 0 Å². The Kier molecular flexibility index (Phi) is 39.5. The molecule has 0 atom stereocenters. The second-order valence-electron chi connectivity index (χ2n) is 2.42. The Bertz CT molecular complexity index is 62.6. The Labute approximate surface area is 96.5 Å². The SMILES string of the molecule is CC.CC.CNCCCCOCCOC. The van der Waals surface area contributed by atoms with Crippen LogP contribution in [-0.4, -0.2) is 40.5 Å². The number of rotatable bonds is 8. The first-order chi connectivity index (χ1) is 7.41. The van der Waals surface area contributed by atoms with E-state index in [1.807, 2.05) is 34.7 Å². The first kappa shape index (κ1) is 20.3. The van der Waals surface area contributed by atoms with Gasteiger partial charge in [0.1, 0.15) is 0 Å². The Morgan fingerprint density at radius 2 is 1.47 bits per heavy atom. The number of ether oxygens (including phenoxy) is 2. The third kappa shape index (κ3) is 31.5. The average Bonchev–Trinajstić information content (AvgIpc) is 2.33. The molecule has 0 heterocycles. The minimum atomic E-state index is 0.700. The van der Waals surface area contributed by atoms with Gasteiger partial charge in [-0.1, -0.05) is 27.7 Å². The second kappa shape index (κ2) is 29.2. The molecular formula is C12H31NO2. The zero-order valence-corrected chi connectivity index (χ0v) is 11.6. The third-order valence-electron chi connectivity index (χ3n) is 1.40. The van der Waals surface area contributed by atoms with E-state index >= 15 is 0 Å². The van der Waals surface area contributed by atoms with Crippen LogP contribution in [0, 0.1) is 0 Å². The molecule has 0 radical (unpaired) electrons. The summed E-state index contributed by atoms with van der Waals surface area (Å²) in [5.41, 5.74) is 0. The van der Waals surface area contributed by atoms with Crippen molar-refractivity contribution in [2.24, 2.45) is 0 Å². The van der Waals surface area contributed by atoms with Crippen molar-refractivity contribution in [1.82, 2.24) is 5.32 Å². The van der Waals surface area contributed by atoms with Crippen LogP contribution >= 0.6 is 0 Å². The Morgan fingerprint density at radius 1 is 0.867 bits per heavy atom. The molecule has 96 valence electrons. The lowest BCUT2D eigenvalue weighted by atomic mass is 10.3. The molecule has 0 unspecified atom stereocenters. The molecule has 0 aliphatic heterocycles. The van der Waals surface area contributed by atoms with Gasteiger partial charge in [-0.15, -0.1) is 0 Å². The largest absolute Gasteiger partial charge is 0.382 e. The lowest BCUT2D eigenvalue weighted by Crippen LogP contribution is -2.09. The van der Waals surface area contributed by atoms with Crippen molar-refractivity contribution in [2.75, 3.05) is 40.5 Å². The van der Waals surface area contributed by atoms with Crippen LogP contribution in [0.15, 0.2) is 0 Å². The highest BCUT2D eigenvalue weighted by Crippen LogP contribution is 1.87. The van der Waals surface area contributed by atoms with Gasteiger partial charge in [0.15, 0.2) is 0 Å². The Morgan fingerprint density at radius 3 is 1.93 bits per heavy atom. The lowest BCUT2D eigenvalue weighted by molar-refractivity contribution is 0.0688. The number of unbranched alkanes of at least 4 members (excludes halogenated alkanes) is 1. The molecule has 0 aromatic carbocycles. The third-order valence-corrected chi connectivity index (χ3v) is 1.40. The summed E-state index contributed by atoms with van der Waals surface area (Å²) in [4.78, 5) is 0. The van der Waals surface area contributed by atoms with Gasteiger partial charge in [0.25, 0.3) is 0 Å². The minimum absolute atomic E-state index is 0.700. The van der Waals surface area contributed by atoms with Crippen molar-refractivity contribution in [2.45, 2.75) is 40.5 Å². The summed E-state index contributed by atoms with van der Waals surface area (Å²) in [7, 11) is 3.65. The smallest absolute Gasteiger partial charge is 0.0700 e. The summed E-state index contributed by atoms with van der Waals surface area (Å²) in [6.07, 6.45) is 2.31. The minimum Gasteiger partial charge on any atom is -0.382 e. The highest BCUT2D eigenvalue weighted by molar-refractivity contribution is 4.41. The van der Waals surface area contributed by atoms with Gasteiger partial charge < -0.3 is 14.8 Å². The van der Waals surface area contributed by atoms with E-state index in [0.717, 1.165) is 26.2 Å². The normalized spacial score (nSPS) is 8.40. The molecule has 3 heteroatoms. The Balaban J connectivity index is -0.000000318. The van der Waals surface area contributed by atoms with E-state index < -0.39 is 0 Å². The maximum absolute atomic E-state index is 5.27. The molecule has 0 saturated heterocycles. The fraction of sp³-hybridized carbons (Fsp3) is 1.00. The zero-order chi connectivity index (χ0) is 12.4. The second-order valence-corrected chi connectivity index (χ2v) is 2.42. The molecule has 15 heavy (non-hydrogen) atoms. The zero-order valence-electron chi connectivity index (χ0n) is 11.6. The van der Waals surface area contributed by atoms with Crippen molar-refractivity contribution in [3.8, 4) is 0 Å². The first-order valence-corrected chi connectivity index (χ1v) is 6.13. The van der Waals surface area contributed by atoms with Gasteiger partial charge in [-0.05, 0) is 26.4 Å². The molecule has 1 N–H and O–H groups in total. The summed E-state index contributed by atoms with van der Waals surface area (Å²) in [6.45, 7) is 11.3. The van der Waals surface area contributed by atoms with Gasteiger partial charge in [0.2, 0.25) is 0 Å². The van der Waals surface area contributed by atoms with E-state index in [2.05, 4.69) is 5.32 Å². The average molecular weight is 221 g/mol. The molecule has 3 nitrogen and oxygen atoms in total. The molecule has 0 spiro atoms. The lowest BCUT2D eigenvalue weighted by Gasteiger charge is -2.02. The van der Waals surface area contributed by atoms with Crippen molar-refractivity contribution >= 4 is 0 Å². The van der Waals surface area contributed by atoms with Gasteiger partial charge in [-0.2, -0.15) is 0 Å². The highest BCUT2D eigenvalue weighted by atomic mass is 16.5. The molecule has 0 amide bonds. The number of nitrogens with one attached hydrogen (secondary N) is 1. The molecule has 0 aliphatic rings. The summed E-state index contributed by atoms with van der Waals surface area (Å²) in [5, 5.41) is 3.09. The van der Waals surface area contributed by atoms with E-state index in [-0.39, 0.29) is 0 Å². The van der Waals surface area contributed by atoms with Gasteiger partial charge in [-0.25, -0.2) is 0 Å². The fourth-order valence-corrected chi connectivity index (χ4v) is 0.750. The topological polar surface area (TPSA) is 30.5 Å². The van der Waals surface area contributed by atoms with Crippen LogP contribution in [0.5, 0.6) is 0 Å². The van der Waals surface area contributed by atoms with Crippen LogP contribution in [-0.2, 0) is 9.47 Å². The van der Waals surface area contributed by atoms with Gasteiger partial charge in [0, 0.05) is 13.7 Å². The van der Waals surface area contributed by atoms with Crippen molar-refractivity contribution in [1.29, 1.82) is 0 Å². The molecule has 0 aromatic heterocycles. The summed E-state index contributed by atoms with van der Waals surface area (Å²) in [6, 6.07) is 0. The van der Waals surface area contributed by atoms with Crippen molar-refractivity contribution in [3.05, 3.63) is 0 Å². The molecule has 0 rings (SSSR count). The Hall–Kier alpha value is -0.120. The van der Waals surface area contributed by atoms with Gasteiger partial charge in [0.05, 0.1) is 13.2 Å². The standard InChI is InChI=1S/C8H19NO2.2C2H6/c1-9-5-3-4-6-11-8-7-10-2;2*1-2/h9H,3-8H2,1-2H3;2*1-2H3. The highest BCUT2D eigenvalue weighted by Gasteiger charge is 1.87. The summed E-state index contributed by atoms with van der Waals surface area (Å²) < 4.78 is 10.1. The molecule has 0 aromatic rings. The molecule has 0 saturated carbocycles. The number of methoxy groups -OCH3 is 1. The fourth-order valence-electron chi connectivity index (χ4n) is 0.750. The van der Waals surface area contributed by atoms with Crippen LogP contribution in [0.2, 0.25) is 0 Å². The van der Waals surface area contributed by atoms with Crippen LogP contribution in [0.3, 0.4) is 0 Å². The molecule has 0 aliphatic carbocycles. The summed E-state index contributed by atoms with van der Waals surface area (Å²) >= 11 is 0. The van der Waals surface area contributed by atoms with E-state index in [1.165, 1.54) is 6.42 Å². The number of hydrogen-bond acceptors (Lipinski definition) is 3. The first-order valence-electron chi connectivity index (χ1n) is 6.13. The van der Waals surface area contributed by atoms with Crippen LogP contribution in [0.1, 0.15) is 40.5 Å². The van der Waals surface area contributed by atoms with E-state index in [9.17, 15) is 0 Å². The predicted octanol–water partition coefficient (Wildman–Crippen LogP) is 2.70. The number of hydrogen-bond donors (Lipinski definition) is 1. The van der Waals surface area contributed by atoms with Crippen LogP contribution < -0.4 is 5.32 Å². The maximum Gasteiger partial charge on any atom is 0.0700 e. The van der Waals surface area contributed by atoms with E-state index in [4.69, 9.17) is 9.47 Å². The monoisotopic (exact) mass is 221 g/mol. The maximum atomic E-state index is 5.27. The molecule has 0 fully saturated rings. The van der Waals surface area contributed by atoms with E-state index in [0.29, 0.717) is 6.61 Å². The molecular weight excluding hydrogens is 190 g/mol. The van der Waals surface area contributed by atoms with E-state index in [1.54, 1.807) is 7.11 Å². The van der Waals surface area contributed by atoms with Crippen LogP contribution in [0.25, 0.3) is 0 Å². The predicted molar refractivity (Wildman–Crippen MR) is 68.6 cm³/mol. The van der Waals surface area contributed by atoms with Crippen LogP contribution in [0.4, 0.5) is 0 Å². The van der Waals surface area contributed by atoms with Crippen molar-refractivity contribution < 1.29 is 9.47 Å². The quantitative estimate of drug-likeness (QED) is 0.639. The van der Waals surface area contributed by atoms with Crippen molar-refractivity contribution in [3.63, 3.8) is 0 Å².